The molecule has 0 saturated heterocycles. The van der Waals surface area contributed by atoms with Crippen molar-refractivity contribution >= 4 is 22.1 Å². The number of benzene rings is 2. The summed E-state index contributed by atoms with van der Waals surface area (Å²) in [6.07, 6.45) is 1.82. The molecule has 0 aliphatic heterocycles. The van der Waals surface area contributed by atoms with Crippen LogP contribution in [0.15, 0.2) is 66.1 Å². The SMILES string of the molecule is C=Cc1ccc(S(=O)(=O)N[C@H](Cc2ccccc2)C(=O)OC(C)(C)C)cc1. The van der Waals surface area contributed by atoms with Crippen LogP contribution >= 0.6 is 0 Å². The zero-order valence-corrected chi connectivity index (χ0v) is 16.6. The third-order valence-electron chi connectivity index (χ3n) is 3.70. The summed E-state index contributed by atoms with van der Waals surface area (Å²) in [7, 11) is -3.89. The topological polar surface area (TPSA) is 72.5 Å². The number of carbonyl (C=O) groups is 1. The Bertz CT molecular complexity index is 882. The Morgan fingerprint density at radius 1 is 1.11 bits per heavy atom. The van der Waals surface area contributed by atoms with E-state index in [0.29, 0.717) is 0 Å². The molecule has 144 valence electrons. The predicted octanol–water partition coefficient (Wildman–Crippen LogP) is 3.56. The van der Waals surface area contributed by atoms with E-state index in [9.17, 15) is 13.2 Å². The monoisotopic (exact) mass is 387 g/mol. The van der Waals surface area contributed by atoms with Crippen molar-refractivity contribution in [2.45, 2.75) is 43.7 Å². The van der Waals surface area contributed by atoms with Gasteiger partial charge >= 0.3 is 5.97 Å². The molecule has 2 rings (SSSR count). The van der Waals surface area contributed by atoms with Gasteiger partial charge in [-0.3, -0.25) is 4.79 Å². The summed E-state index contributed by atoms with van der Waals surface area (Å²) < 4.78 is 33.4. The quantitative estimate of drug-likeness (QED) is 0.738. The first kappa shape index (κ1) is 20.9. The molecule has 1 N–H and O–H groups in total. The molecule has 0 saturated carbocycles. The van der Waals surface area contributed by atoms with Crippen molar-refractivity contribution < 1.29 is 17.9 Å². The maximum Gasteiger partial charge on any atom is 0.325 e. The molecule has 0 spiro atoms. The van der Waals surface area contributed by atoms with Gasteiger partial charge in [0.05, 0.1) is 4.90 Å². The zero-order valence-electron chi connectivity index (χ0n) is 15.8. The van der Waals surface area contributed by atoms with Crippen LogP contribution in [0, 0.1) is 0 Å². The van der Waals surface area contributed by atoms with Crippen LogP contribution in [0.5, 0.6) is 0 Å². The normalized spacial score (nSPS) is 13.0. The molecular weight excluding hydrogens is 362 g/mol. The lowest BCUT2D eigenvalue weighted by atomic mass is 10.1. The van der Waals surface area contributed by atoms with Gasteiger partial charge in [0.2, 0.25) is 10.0 Å². The smallest absolute Gasteiger partial charge is 0.325 e. The van der Waals surface area contributed by atoms with Crippen molar-refractivity contribution in [3.8, 4) is 0 Å². The van der Waals surface area contributed by atoms with E-state index in [4.69, 9.17) is 4.74 Å². The summed E-state index contributed by atoms with van der Waals surface area (Å²) in [6, 6.07) is 14.4. The van der Waals surface area contributed by atoms with Crippen LogP contribution in [0.2, 0.25) is 0 Å². The van der Waals surface area contributed by atoms with Gasteiger partial charge in [0.1, 0.15) is 11.6 Å². The zero-order chi connectivity index (χ0) is 20.1. The lowest BCUT2D eigenvalue weighted by Crippen LogP contribution is -2.45. The Morgan fingerprint density at radius 2 is 1.70 bits per heavy atom. The summed E-state index contributed by atoms with van der Waals surface area (Å²) in [6.45, 7) is 8.88. The fourth-order valence-electron chi connectivity index (χ4n) is 2.43. The van der Waals surface area contributed by atoms with E-state index in [2.05, 4.69) is 11.3 Å². The highest BCUT2D eigenvalue weighted by atomic mass is 32.2. The van der Waals surface area contributed by atoms with Crippen LogP contribution in [0.25, 0.3) is 6.08 Å². The third kappa shape index (κ3) is 6.34. The maximum atomic E-state index is 12.8. The van der Waals surface area contributed by atoms with Gasteiger partial charge in [-0.1, -0.05) is 55.1 Å². The van der Waals surface area contributed by atoms with Crippen LogP contribution < -0.4 is 4.72 Å². The van der Waals surface area contributed by atoms with Crippen LogP contribution in [0.4, 0.5) is 0 Å². The molecule has 5 nitrogen and oxygen atoms in total. The van der Waals surface area contributed by atoms with E-state index in [-0.39, 0.29) is 11.3 Å². The van der Waals surface area contributed by atoms with E-state index >= 15 is 0 Å². The van der Waals surface area contributed by atoms with E-state index in [1.807, 2.05) is 30.3 Å². The number of carbonyl (C=O) groups excluding carboxylic acids is 1. The Morgan fingerprint density at radius 3 is 2.22 bits per heavy atom. The van der Waals surface area contributed by atoms with Gasteiger partial charge in [-0.25, -0.2) is 8.42 Å². The molecule has 6 heteroatoms. The van der Waals surface area contributed by atoms with Crippen LogP contribution in [-0.2, 0) is 26.0 Å². The largest absolute Gasteiger partial charge is 0.459 e. The van der Waals surface area contributed by atoms with Crippen molar-refractivity contribution in [3.63, 3.8) is 0 Å². The van der Waals surface area contributed by atoms with Gasteiger partial charge in [-0.05, 0) is 50.5 Å². The van der Waals surface area contributed by atoms with Gasteiger partial charge in [-0.2, -0.15) is 4.72 Å². The Labute approximate surface area is 161 Å². The molecule has 0 unspecified atom stereocenters. The molecule has 0 aromatic heterocycles. The third-order valence-corrected chi connectivity index (χ3v) is 5.19. The number of nitrogens with one attached hydrogen (secondary N) is 1. The van der Waals surface area contributed by atoms with E-state index in [1.165, 1.54) is 12.1 Å². The van der Waals surface area contributed by atoms with E-state index in [1.54, 1.807) is 39.0 Å². The van der Waals surface area contributed by atoms with E-state index in [0.717, 1.165) is 11.1 Å². The molecule has 0 fully saturated rings. The summed E-state index contributed by atoms with van der Waals surface area (Å²) in [4.78, 5) is 12.7. The first-order valence-corrected chi connectivity index (χ1v) is 10.1. The summed E-state index contributed by atoms with van der Waals surface area (Å²) in [5, 5.41) is 0. The van der Waals surface area contributed by atoms with E-state index < -0.39 is 27.6 Å². The van der Waals surface area contributed by atoms with Crippen molar-refractivity contribution in [2.75, 3.05) is 0 Å². The second-order valence-corrected chi connectivity index (χ2v) is 8.88. The highest BCUT2D eigenvalue weighted by Gasteiger charge is 2.30. The Kier molecular flexibility index (Phi) is 6.57. The molecule has 0 radical (unpaired) electrons. The summed E-state index contributed by atoms with van der Waals surface area (Å²) >= 11 is 0. The van der Waals surface area contributed by atoms with Crippen molar-refractivity contribution in [1.29, 1.82) is 0 Å². The van der Waals surface area contributed by atoms with Gasteiger partial charge in [-0.15, -0.1) is 0 Å². The predicted molar refractivity (Wildman–Crippen MR) is 107 cm³/mol. The Hall–Kier alpha value is -2.44. The lowest BCUT2D eigenvalue weighted by Gasteiger charge is -2.24. The molecule has 2 aromatic rings. The van der Waals surface area contributed by atoms with Gasteiger partial charge in [0.25, 0.3) is 0 Å². The molecule has 0 aliphatic rings. The number of ether oxygens (including phenoxy) is 1. The number of sulfonamides is 1. The highest BCUT2D eigenvalue weighted by Crippen LogP contribution is 2.16. The van der Waals surface area contributed by atoms with Gasteiger partial charge < -0.3 is 4.74 Å². The fourth-order valence-corrected chi connectivity index (χ4v) is 3.62. The second kappa shape index (κ2) is 8.50. The average Bonchev–Trinajstić information content (AvgIpc) is 2.60. The first-order valence-electron chi connectivity index (χ1n) is 8.62. The molecule has 0 heterocycles. The molecule has 0 bridgehead atoms. The summed E-state index contributed by atoms with van der Waals surface area (Å²) in [5.41, 5.74) is 0.920. The number of rotatable bonds is 7. The second-order valence-electron chi connectivity index (χ2n) is 7.17. The summed E-state index contributed by atoms with van der Waals surface area (Å²) in [5.74, 6) is -0.613. The standard InChI is InChI=1S/C21H25NO4S/c1-5-16-11-13-18(14-12-16)27(24,25)22-19(20(23)26-21(2,3)4)15-17-9-7-6-8-10-17/h5-14,19,22H,1,15H2,2-4H3/t19-/m1/s1. The van der Waals surface area contributed by atoms with Crippen LogP contribution in [-0.4, -0.2) is 26.0 Å². The minimum atomic E-state index is -3.89. The average molecular weight is 388 g/mol. The first-order chi connectivity index (χ1) is 12.6. The van der Waals surface area contributed by atoms with Gasteiger partial charge in [0, 0.05) is 0 Å². The molecular formula is C21H25NO4S. The van der Waals surface area contributed by atoms with Crippen LogP contribution in [0.3, 0.4) is 0 Å². The number of hydrogen-bond donors (Lipinski definition) is 1. The molecule has 0 amide bonds. The van der Waals surface area contributed by atoms with Crippen molar-refractivity contribution in [2.24, 2.45) is 0 Å². The molecule has 1 atom stereocenters. The lowest BCUT2D eigenvalue weighted by molar-refractivity contribution is -0.156. The van der Waals surface area contributed by atoms with Crippen molar-refractivity contribution in [1.82, 2.24) is 4.72 Å². The Balaban J connectivity index is 2.28. The fraction of sp³-hybridized carbons (Fsp3) is 0.286. The minimum absolute atomic E-state index is 0.0784. The molecule has 2 aromatic carbocycles. The van der Waals surface area contributed by atoms with Gasteiger partial charge in [0.15, 0.2) is 0 Å². The number of esters is 1. The maximum absolute atomic E-state index is 12.8. The minimum Gasteiger partial charge on any atom is -0.459 e. The van der Waals surface area contributed by atoms with Crippen LogP contribution in [0.1, 0.15) is 31.9 Å². The molecule has 0 aliphatic carbocycles. The number of hydrogen-bond acceptors (Lipinski definition) is 4. The van der Waals surface area contributed by atoms with Crippen molar-refractivity contribution in [3.05, 3.63) is 72.3 Å². The highest BCUT2D eigenvalue weighted by molar-refractivity contribution is 7.89. The molecule has 27 heavy (non-hydrogen) atoms.